The number of anilines is 1. The van der Waals surface area contributed by atoms with Crippen molar-refractivity contribution in [2.45, 2.75) is 20.3 Å². The van der Waals surface area contributed by atoms with Crippen LogP contribution in [-0.2, 0) is 4.79 Å². The Balaban J connectivity index is 2.24. The van der Waals surface area contributed by atoms with Crippen LogP contribution >= 0.6 is 0 Å². The zero-order valence-electron chi connectivity index (χ0n) is 9.83. The molecule has 0 spiro atoms. The second-order valence-corrected chi connectivity index (χ2v) is 4.14. The Labute approximate surface area is 98.2 Å². The van der Waals surface area contributed by atoms with Gasteiger partial charge in [-0.1, -0.05) is 13.8 Å². The van der Waals surface area contributed by atoms with Gasteiger partial charge in [-0.3, -0.25) is 4.79 Å². The van der Waals surface area contributed by atoms with Gasteiger partial charge in [0.2, 0.25) is 5.91 Å². The fourth-order valence-electron chi connectivity index (χ4n) is 1.56. The lowest BCUT2D eigenvalue weighted by Gasteiger charge is -2.09. The van der Waals surface area contributed by atoms with Crippen molar-refractivity contribution < 1.29 is 4.79 Å². The summed E-state index contributed by atoms with van der Waals surface area (Å²) in [5.74, 6) is -0.0271. The molecule has 1 atom stereocenters. The van der Waals surface area contributed by atoms with Gasteiger partial charge < -0.3 is 15.3 Å². The third-order valence-corrected chi connectivity index (χ3v) is 2.84. The number of hydrogen-bond acceptors (Lipinski definition) is 2. The highest BCUT2D eigenvalue weighted by Crippen LogP contribution is 2.15. The Morgan fingerprint density at radius 1 is 1.35 bits per heavy atom. The van der Waals surface area contributed by atoms with Crippen molar-refractivity contribution in [1.29, 1.82) is 0 Å². The number of aromatic nitrogens is 2. The van der Waals surface area contributed by atoms with Crippen molar-refractivity contribution in [1.82, 2.24) is 9.97 Å². The summed E-state index contributed by atoms with van der Waals surface area (Å²) in [5, 5.41) is 2.82. The van der Waals surface area contributed by atoms with Gasteiger partial charge in [0.25, 0.3) is 0 Å². The molecule has 0 saturated heterocycles. The number of benzene rings is 1. The molecule has 0 unspecified atom stereocenters. The number of nitrogens with one attached hydrogen (secondary N) is 3. The van der Waals surface area contributed by atoms with Crippen molar-refractivity contribution >= 4 is 22.6 Å². The maximum atomic E-state index is 11.7. The summed E-state index contributed by atoms with van der Waals surface area (Å²) in [6, 6.07) is 5.28. The first-order valence-electron chi connectivity index (χ1n) is 5.63. The molecule has 0 saturated carbocycles. The summed E-state index contributed by atoms with van der Waals surface area (Å²) in [7, 11) is 0. The number of aromatic amines is 2. The van der Waals surface area contributed by atoms with Crippen LogP contribution in [0, 0.1) is 5.92 Å². The third-order valence-electron chi connectivity index (χ3n) is 2.84. The molecule has 0 radical (unpaired) electrons. The standard InChI is InChI=1S/C12H15N3O2/c1-3-7(2)11(16)13-8-4-5-9-10(6-8)15-12(17)14-9/h4-7H,3H2,1-2H3,(H,13,16)(H2,14,15,17)/t7-/m1/s1. The van der Waals surface area contributed by atoms with E-state index in [1.807, 2.05) is 13.8 Å². The van der Waals surface area contributed by atoms with E-state index >= 15 is 0 Å². The number of H-pyrrole nitrogens is 2. The SMILES string of the molecule is CC[C@@H](C)C(=O)Nc1ccc2[nH]c(=O)[nH]c2c1. The number of fused-ring (bicyclic) bond motifs is 1. The fraction of sp³-hybridized carbons (Fsp3) is 0.333. The molecule has 17 heavy (non-hydrogen) atoms. The highest BCUT2D eigenvalue weighted by atomic mass is 16.2. The van der Waals surface area contributed by atoms with E-state index in [2.05, 4.69) is 15.3 Å². The molecule has 90 valence electrons. The lowest BCUT2D eigenvalue weighted by Crippen LogP contribution is -2.19. The minimum atomic E-state index is -0.245. The van der Waals surface area contributed by atoms with Gasteiger partial charge in [0.15, 0.2) is 0 Å². The van der Waals surface area contributed by atoms with Gasteiger partial charge in [-0.25, -0.2) is 4.79 Å². The molecule has 5 heteroatoms. The van der Waals surface area contributed by atoms with Crippen LogP contribution in [-0.4, -0.2) is 15.9 Å². The van der Waals surface area contributed by atoms with Gasteiger partial charge >= 0.3 is 5.69 Å². The highest BCUT2D eigenvalue weighted by molar-refractivity contribution is 5.94. The topological polar surface area (TPSA) is 77.8 Å². The molecule has 0 fully saturated rings. The molecule has 1 amide bonds. The maximum absolute atomic E-state index is 11.7. The first-order chi connectivity index (χ1) is 8.10. The molecule has 1 aromatic heterocycles. The number of imidazole rings is 1. The number of rotatable bonds is 3. The molecular formula is C12H15N3O2. The lowest BCUT2D eigenvalue weighted by atomic mass is 10.1. The van der Waals surface area contributed by atoms with Crippen LogP contribution in [0.2, 0.25) is 0 Å². The van der Waals surface area contributed by atoms with Crippen molar-refractivity contribution in [3.8, 4) is 0 Å². The molecule has 1 heterocycles. The van der Waals surface area contributed by atoms with Crippen molar-refractivity contribution in [2.24, 2.45) is 5.92 Å². The summed E-state index contributed by atoms with van der Waals surface area (Å²) in [4.78, 5) is 28.1. The maximum Gasteiger partial charge on any atom is 0.323 e. The van der Waals surface area contributed by atoms with E-state index in [-0.39, 0.29) is 17.5 Å². The average Bonchev–Trinajstić information content (AvgIpc) is 2.67. The number of hydrogen-bond donors (Lipinski definition) is 3. The van der Waals surface area contributed by atoms with Gasteiger partial charge in [-0.15, -0.1) is 0 Å². The zero-order chi connectivity index (χ0) is 12.4. The van der Waals surface area contributed by atoms with E-state index in [4.69, 9.17) is 0 Å². The molecule has 1 aromatic carbocycles. The number of carbonyl (C=O) groups is 1. The van der Waals surface area contributed by atoms with E-state index in [1.54, 1.807) is 18.2 Å². The van der Waals surface area contributed by atoms with Gasteiger partial charge in [-0.2, -0.15) is 0 Å². The van der Waals surface area contributed by atoms with Crippen molar-refractivity contribution in [3.63, 3.8) is 0 Å². The summed E-state index contributed by atoms with van der Waals surface area (Å²) in [6.45, 7) is 3.85. The molecule has 0 aliphatic heterocycles. The third kappa shape index (κ3) is 2.38. The quantitative estimate of drug-likeness (QED) is 0.756. The van der Waals surface area contributed by atoms with Crippen LogP contribution in [0.4, 0.5) is 5.69 Å². The monoisotopic (exact) mass is 233 g/mol. The lowest BCUT2D eigenvalue weighted by molar-refractivity contribution is -0.119. The molecule has 3 N–H and O–H groups in total. The van der Waals surface area contributed by atoms with E-state index < -0.39 is 0 Å². The molecule has 0 aliphatic carbocycles. The minimum absolute atomic E-state index is 0.00951. The molecule has 2 aromatic rings. The summed E-state index contributed by atoms with van der Waals surface area (Å²) in [5.41, 5.74) is 1.87. The molecule has 5 nitrogen and oxygen atoms in total. The Morgan fingerprint density at radius 2 is 2.06 bits per heavy atom. The second-order valence-electron chi connectivity index (χ2n) is 4.14. The largest absolute Gasteiger partial charge is 0.326 e. The van der Waals surface area contributed by atoms with E-state index in [9.17, 15) is 9.59 Å². The number of carbonyl (C=O) groups excluding carboxylic acids is 1. The fourth-order valence-corrected chi connectivity index (χ4v) is 1.56. The molecular weight excluding hydrogens is 218 g/mol. The Kier molecular flexibility index (Phi) is 2.99. The normalized spacial score (nSPS) is 12.6. The van der Waals surface area contributed by atoms with Gasteiger partial charge in [-0.05, 0) is 24.6 Å². The van der Waals surface area contributed by atoms with Crippen LogP contribution in [0.1, 0.15) is 20.3 Å². The van der Waals surface area contributed by atoms with E-state index in [0.717, 1.165) is 11.9 Å². The predicted molar refractivity (Wildman–Crippen MR) is 67.0 cm³/mol. The van der Waals surface area contributed by atoms with Crippen molar-refractivity contribution in [2.75, 3.05) is 5.32 Å². The summed E-state index contributed by atoms with van der Waals surface area (Å²) < 4.78 is 0. The van der Waals surface area contributed by atoms with Gasteiger partial charge in [0.1, 0.15) is 0 Å². The average molecular weight is 233 g/mol. The molecule has 2 rings (SSSR count). The first kappa shape index (κ1) is 11.4. The Morgan fingerprint density at radius 3 is 2.76 bits per heavy atom. The smallest absolute Gasteiger partial charge is 0.323 e. The summed E-state index contributed by atoms with van der Waals surface area (Å²) in [6.07, 6.45) is 0.801. The van der Waals surface area contributed by atoms with Crippen LogP contribution in [0.5, 0.6) is 0 Å². The number of amides is 1. The Bertz CT molecular complexity index is 597. The minimum Gasteiger partial charge on any atom is -0.326 e. The van der Waals surface area contributed by atoms with Crippen molar-refractivity contribution in [3.05, 3.63) is 28.7 Å². The molecule has 0 bridgehead atoms. The molecule has 0 aliphatic rings. The van der Waals surface area contributed by atoms with Gasteiger partial charge in [0.05, 0.1) is 11.0 Å². The Hall–Kier alpha value is -2.04. The van der Waals surface area contributed by atoms with Crippen LogP contribution < -0.4 is 11.0 Å². The van der Waals surface area contributed by atoms with Crippen LogP contribution in [0.15, 0.2) is 23.0 Å². The zero-order valence-corrected chi connectivity index (χ0v) is 9.83. The van der Waals surface area contributed by atoms with E-state index in [0.29, 0.717) is 11.2 Å². The van der Waals surface area contributed by atoms with E-state index in [1.165, 1.54) is 0 Å². The predicted octanol–water partition coefficient (Wildman–Crippen LogP) is 1.84. The van der Waals surface area contributed by atoms with Crippen LogP contribution in [0.25, 0.3) is 11.0 Å². The summed E-state index contributed by atoms with van der Waals surface area (Å²) >= 11 is 0. The first-order valence-corrected chi connectivity index (χ1v) is 5.63. The highest BCUT2D eigenvalue weighted by Gasteiger charge is 2.10. The van der Waals surface area contributed by atoms with Gasteiger partial charge in [0, 0.05) is 11.6 Å². The second kappa shape index (κ2) is 4.45. The van der Waals surface area contributed by atoms with Crippen LogP contribution in [0.3, 0.4) is 0 Å².